The third-order valence-corrected chi connectivity index (χ3v) is 6.65. The minimum absolute atomic E-state index is 0.00183. The number of hydrogen-bond acceptors (Lipinski definition) is 3. The van der Waals surface area contributed by atoms with Crippen LogP contribution >= 0.6 is 11.6 Å². The maximum Gasteiger partial charge on any atom is 0.163 e. The highest BCUT2D eigenvalue weighted by Crippen LogP contribution is 2.32. The van der Waals surface area contributed by atoms with E-state index in [1.165, 1.54) is 16.7 Å². The molecule has 0 unspecified atom stereocenters. The first-order valence-corrected chi connectivity index (χ1v) is 13.2. The number of fused-ring (bicyclic) bond motifs is 1. The Bertz CT molecular complexity index is 1100. The number of Topliss-reactive ketones (excluding diaryl/α,β-unsaturated/α-hetero) is 2. The van der Waals surface area contributed by atoms with E-state index in [-0.39, 0.29) is 27.8 Å². The summed E-state index contributed by atoms with van der Waals surface area (Å²) in [5.74, 6) is 0.451. The maximum absolute atomic E-state index is 11.4. The van der Waals surface area contributed by atoms with E-state index in [4.69, 9.17) is 11.6 Å². The van der Waals surface area contributed by atoms with Gasteiger partial charge in [0, 0.05) is 42.1 Å². The summed E-state index contributed by atoms with van der Waals surface area (Å²) in [6.45, 7) is 21.1. The Hall–Kier alpha value is -2.23. The highest BCUT2D eigenvalue weighted by molar-refractivity contribution is 6.32. The SMILES string of the molecule is CC(C)(C)C1=CC(Cl)=CCC1=O.CC(C)(C)C1=CC=CCC1=O.CC(C)(C)c1ccc2c(c1)CNC2. The van der Waals surface area contributed by atoms with Gasteiger partial charge in [0.25, 0.3) is 0 Å². The van der Waals surface area contributed by atoms with Crippen LogP contribution in [0.15, 0.2) is 64.8 Å². The molecule has 0 amide bonds. The molecule has 4 rings (SSSR count). The van der Waals surface area contributed by atoms with Crippen LogP contribution in [-0.4, -0.2) is 11.6 Å². The van der Waals surface area contributed by atoms with Crippen molar-refractivity contribution in [2.45, 2.75) is 93.7 Å². The van der Waals surface area contributed by atoms with Gasteiger partial charge >= 0.3 is 0 Å². The predicted molar refractivity (Wildman–Crippen MR) is 153 cm³/mol. The Morgan fingerprint density at radius 2 is 1.33 bits per heavy atom. The fourth-order valence-electron chi connectivity index (χ4n) is 4.18. The molecular weight excluding hydrogens is 466 g/mol. The predicted octanol–water partition coefficient (Wildman–Crippen LogP) is 8.13. The number of rotatable bonds is 0. The molecule has 0 bridgehead atoms. The molecule has 1 N–H and O–H groups in total. The summed E-state index contributed by atoms with van der Waals surface area (Å²) in [7, 11) is 0. The first kappa shape index (κ1) is 30.0. The average molecular weight is 510 g/mol. The van der Waals surface area contributed by atoms with Gasteiger partial charge in [-0.05, 0) is 39.0 Å². The van der Waals surface area contributed by atoms with E-state index in [1.54, 1.807) is 12.2 Å². The standard InChI is InChI=1S/C12H17N.C10H13ClO.C10H14O/c1-12(2,3)11-5-4-9-7-13-8-10(9)6-11;1-10(2,3)8-6-7(11)4-5-9(8)12;1-10(2,3)8-6-4-5-7-9(8)11/h4-6,13H,7-8H2,1-3H3;4,6H,5H2,1-3H3;4-6H,7H2,1-3H3. The van der Waals surface area contributed by atoms with Crippen molar-refractivity contribution in [3.05, 3.63) is 81.4 Å². The monoisotopic (exact) mass is 509 g/mol. The molecule has 2 aliphatic carbocycles. The van der Waals surface area contributed by atoms with Crippen LogP contribution in [0, 0.1) is 10.8 Å². The lowest BCUT2D eigenvalue weighted by Crippen LogP contribution is -2.19. The minimum atomic E-state index is -0.0918. The Morgan fingerprint density at radius 1 is 0.750 bits per heavy atom. The number of allylic oxidation sites excluding steroid dienone is 8. The topological polar surface area (TPSA) is 46.2 Å². The summed E-state index contributed by atoms with van der Waals surface area (Å²) < 4.78 is 0. The van der Waals surface area contributed by atoms with Gasteiger partial charge in [-0.15, -0.1) is 0 Å². The smallest absolute Gasteiger partial charge is 0.163 e. The van der Waals surface area contributed by atoms with Gasteiger partial charge in [0.05, 0.1) is 0 Å². The van der Waals surface area contributed by atoms with Crippen LogP contribution < -0.4 is 5.32 Å². The maximum atomic E-state index is 11.4. The Labute approximate surface area is 223 Å². The second kappa shape index (κ2) is 11.9. The van der Waals surface area contributed by atoms with Crippen molar-refractivity contribution in [3.63, 3.8) is 0 Å². The number of carbonyl (C=O) groups excluding carboxylic acids is 2. The van der Waals surface area contributed by atoms with Crippen molar-refractivity contribution in [2.75, 3.05) is 0 Å². The van der Waals surface area contributed by atoms with Crippen LogP contribution in [0.4, 0.5) is 0 Å². The lowest BCUT2D eigenvalue weighted by atomic mass is 9.81. The van der Waals surface area contributed by atoms with Crippen molar-refractivity contribution < 1.29 is 9.59 Å². The molecule has 0 saturated carbocycles. The first-order valence-electron chi connectivity index (χ1n) is 12.8. The van der Waals surface area contributed by atoms with Crippen molar-refractivity contribution in [1.29, 1.82) is 0 Å². The molecule has 0 aromatic heterocycles. The van der Waals surface area contributed by atoms with Gasteiger partial charge in [0.2, 0.25) is 0 Å². The van der Waals surface area contributed by atoms with E-state index in [2.05, 4.69) is 65.1 Å². The molecule has 196 valence electrons. The van der Waals surface area contributed by atoms with Gasteiger partial charge in [-0.1, -0.05) is 116 Å². The van der Waals surface area contributed by atoms with Crippen LogP contribution in [0.3, 0.4) is 0 Å². The highest BCUT2D eigenvalue weighted by Gasteiger charge is 2.25. The molecule has 0 fully saturated rings. The van der Waals surface area contributed by atoms with Crippen LogP contribution in [0.1, 0.15) is 91.8 Å². The number of ketones is 2. The van der Waals surface area contributed by atoms with E-state index in [0.717, 1.165) is 24.2 Å². The minimum Gasteiger partial charge on any atom is -0.309 e. The summed E-state index contributed by atoms with van der Waals surface area (Å²) in [6.07, 6.45) is 10.3. The van der Waals surface area contributed by atoms with Gasteiger partial charge in [-0.2, -0.15) is 0 Å². The molecule has 0 saturated heterocycles. The third kappa shape index (κ3) is 8.71. The van der Waals surface area contributed by atoms with Crippen molar-refractivity contribution in [3.8, 4) is 0 Å². The Morgan fingerprint density at radius 3 is 1.83 bits per heavy atom. The quantitative estimate of drug-likeness (QED) is 0.384. The lowest BCUT2D eigenvalue weighted by Gasteiger charge is -2.23. The molecule has 36 heavy (non-hydrogen) atoms. The molecule has 3 nitrogen and oxygen atoms in total. The van der Waals surface area contributed by atoms with Gasteiger partial charge in [0.1, 0.15) is 0 Å². The average Bonchev–Trinajstić information content (AvgIpc) is 3.22. The second-order valence-corrected chi connectivity index (χ2v) is 13.2. The normalized spacial score (nSPS) is 17.7. The molecular formula is C32H44ClNO2. The zero-order valence-corrected chi connectivity index (χ0v) is 24.4. The van der Waals surface area contributed by atoms with E-state index in [9.17, 15) is 9.59 Å². The molecule has 1 aromatic carbocycles. The third-order valence-electron chi connectivity index (χ3n) is 6.39. The molecule has 0 atom stereocenters. The summed E-state index contributed by atoms with van der Waals surface area (Å²) in [4.78, 5) is 22.7. The zero-order chi connectivity index (χ0) is 27.3. The highest BCUT2D eigenvalue weighted by atomic mass is 35.5. The molecule has 0 spiro atoms. The molecule has 0 radical (unpaired) electrons. The fraction of sp³-hybridized carbons (Fsp3) is 0.500. The van der Waals surface area contributed by atoms with Crippen LogP contribution in [-0.2, 0) is 28.1 Å². The number of hydrogen-bond donors (Lipinski definition) is 1. The molecule has 3 aliphatic rings. The number of halogens is 1. The van der Waals surface area contributed by atoms with Crippen molar-refractivity contribution in [2.24, 2.45) is 10.8 Å². The lowest BCUT2D eigenvalue weighted by molar-refractivity contribution is -0.116. The molecule has 4 heteroatoms. The van der Waals surface area contributed by atoms with E-state index < -0.39 is 0 Å². The molecule has 1 aromatic rings. The first-order chi connectivity index (χ1) is 16.5. The summed E-state index contributed by atoms with van der Waals surface area (Å²) in [5, 5.41) is 4.05. The zero-order valence-electron chi connectivity index (χ0n) is 23.6. The summed E-state index contributed by atoms with van der Waals surface area (Å²) >= 11 is 5.82. The number of nitrogens with one attached hydrogen (secondary N) is 1. The summed E-state index contributed by atoms with van der Waals surface area (Å²) in [6, 6.07) is 6.86. The number of carbonyl (C=O) groups is 2. The van der Waals surface area contributed by atoms with Gasteiger partial charge < -0.3 is 5.32 Å². The van der Waals surface area contributed by atoms with Crippen LogP contribution in [0.25, 0.3) is 0 Å². The molecule has 1 heterocycles. The fourth-order valence-corrected chi connectivity index (χ4v) is 4.37. The van der Waals surface area contributed by atoms with Crippen LogP contribution in [0.5, 0.6) is 0 Å². The van der Waals surface area contributed by atoms with Gasteiger partial charge in [0.15, 0.2) is 11.6 Å². The Balaban J connectivity index is 0.000000191. The van der Waals surface area contributed by atoms with E-state index in [1.807, 2.05) is 39.0 Å². The van der Waals surface area contributed by atoms with Gasteiger partial charge in [-0.3, -0.25) is 9.59 Å². The van der Waals surface area contributed by atoms with Crippen molar-refractivity contribution >= 4 is 23.2 Å². The van der Waals surface area contributed by atoms with E-state index in [0.29, 0.717) is 17.9 Å². The van der Waals surface area contributed by atoms with Crippen molar-refractivity contribution in [1.82, 2.24) is 5.32 Å². The van der Waals surface area contributed by atoms with E-state index >= 15 is 0 Å². The largest absolute Gasteiger partial charge is 0.309 e. The Kier molecular flexibility index (Phi) is 9.90. The second-order valence-electron chi connectivity index (χ2n) is 12.7. The number of benzene rings is 1. The van der Waals surface area contributed by atoms with Gasteiger partial charge in [-0.25, -0.2) is 0 Å². The molecule has 1 aliphatic heterocycles. The summed E-state index contributed by atoms with van der Waals surface area (Å²) in [5.41, 5.74) is 6.34. The van der Waals surface area contributed by atoms with Crippen LogP contribution in [0.2, 0.25) is 0 Å².